The number of hydrogen-bond acceptors (Lipinski definition) is 3. The van der Waals surface area contributed by atoms with E-state index in [0.29, 0.717) is 17.4 Å². The van der Waals surface area contributed by atoms with Gasteiger partial charge >= 0.3 is 0 Å². The number of phenols is 1. The molecule has 2 rings (SSSR count). The Hall–Kier alpha value is -1.97. The summed E-state index contributed by atoms with van der Waals surface area (Å²) in [5.41, 5.74) is 9.00. The molecule has 2 aromatic rings. The molecule has 4 nitrogen and oxygen atoms in total. The van der Waals surface area contributed by atoms with Gasteiger partial charge in [0.1, 0.15) is 5.75 Å². The van der Waals surface area contributed by atoms with Crippen LogP contribution in [0.2, 0.25) is 0 Å². The van der Waals surface area contributed by atoms with Gasteiger partial charge in [-0.2, -0.15) is 5.10 Å². The lowest BCUT2D eigenvalue weighted by Crippen LogP contribution is -1.97. The zero-order valence-corrected chi connectivity index (χ0v) is 11.0. The summed E-state index contributed by atoms with van der Waals surface area (Å²) in [4.78, 5) is 0. The van der Waals surface area contributed by atoms with E-state index in [1.165, 1.54) is 0 Å². The van der Waals surface area contributed by atoms with Crippen LogP contribution in [0.25, 0.3) is 5.69 Å². The quantitative estimate of drug-likeness (QED) is 0.873. The minimum atomic E-state index is 0.313. The van der Waals surface area contributed by atoms with E-state index in [9.17, 15) is 5.11 Å². The van der Waals surface area contributed by atoms with Crippen LogP contribution < -0.4 is 5.73 Å². The van der Waals surface area contributed by atoms with Gasteiger partial charge in [0.05, 0.1) is 23.3 Å². The van der Waals surface area contributed by atoms with E-state index in [4.69, 9.17) is 5.73 Å². The van der Waals surface area contributed by atoms with Crippen molar-refractivity contribution in [2.45, 2.75) is 33.1 Å². The van der Waals surface area contributed by atoms with Crippen molar-refractivity contribution in [1.29, 1.82) is 0 Å². The molecule has 1 atom stereocenters. The number of hydrogen-bond donors (Lipinski definition) is 2. The van der Waals surface area contributed by atoms with Crippen molar-refractivity contribution in [3.63, 3.8) is 0 Å². The van der Waals surface area contributed by atoms with Gasteiger partial charge in [0.25, 0.3) is 0 Å². The van der Waals surface area contributed by atoms with Crippen LogP contribution in [0.15, 0.2) is 24.4 Å². The summed E-state index contributed by atoms with van der Waals surface area (Å²) >= 11 is 0. The molecule has 0 radical (unpaired) electrons. The van der Waals surface area contributed by atoms with E-state index >= 15 is 0 Å². The zero-order chi connectivity index (χ0) is 13.3. The molecule has 1 unspecified atom stereocenters. The van der Waals surface area contributed by atoms with Crippen LogP contribution >= 0.6 is 0 Å². The minimum absolute atomic E-state index is 0.313. The van der Waals surface area contributed by atoms with Crippen LogP contribution in [0.3, 0.4) is 0 Å². The topological polar surface area (TPSA) is 64.1 Å². The minimum Gasteiger partial charge on any atom is -0.508 e. The molecule has 1 heterocycles. The van der Waals surface area contributed by atoms with Gasteiger partial charge in [0, 0.05) is 6.07 Å². The summed E-state index contributed by atoms with van der Waals surface area (Å²) in [5, 5.41) is 14.4. The summed E-state index contributed by atoms with van der Waals surface area (Å²) in [6.45, 7) is 6.07. The normalized spacial score (nSPS) is 12.6. The molecule has 0 spiro atoms. The van der Waals surface area contributed by atoms with Gasteiger partial charge in [-0.1, -0.05) is 19.9 Å². The van der Waals surface area contributed by atoms with Gasteiger partial charge in [0.15, 0.2) is 0 Å². The SMILES string of the molecule is CCC(C)c1ccc(-n2cc(N)c(C)n2)cc1O. The lowest BCUT2D eigenvalue weighted by Gasteiger charge is -2.12. The number of nitrogen functional groups attached to an aromatic ring is 1. The highest BCUT2D eigenvalue weighted by atomic mass is 16.3. The molecule has 4 heteroatoms. The Bertz CT molecular complexity index is 541. The molecule has 96 valence electrons. The average molecular weight is 245 g/mol. The van der Waals surface area contributed by atoms with E-state index in [2.05, 4.69) is 18.9 Å². The number of nitrogens with zero attached hydrogens (tertiary/aromatic N) is 2. The molecule has 1 aromatic heterocycles. The van der Waals surface area contributed by atoms with Crippen LogP contribution in [-0.4, -0.2) is 14.9 Å². The predicted octanol–water partition coefficient (Wildman–Crippen LogP) is 2.98. The first-order valence-corrected chi connectivity index (χ1v) is 6.18. The van der Waals surface area contributed by atoms with Crippen molar-refractivity contribution in [2.75, 3.05) is 5.73 Å². The maximum Gasteiger partial charge on any atom is 0.121 e. The number of benzene rings is 1. The van der Waals surface area contributed by atoms with Crippen molar-refractivity contribution >= 4 is 5.69 Å². The second-order valence-electron chi connectivity index (χ2n) is 4.67. The lowest BCUT2D eigenvalue weighted by atomic mass is 9.97. The number of aromatic hydroxyl groups is 1. The van der Waals surface area contributed by atoms with Crippen molar-refractivity contribution in [3.8, 4) is 11.4 Å². The van der Waals surface area contributed by atoms with Crippen molar-refractivity contribution in [2.24, 2.45) is 0 Å². The Morgan fingerprint density at radius 3 is 2.67 bits per heavy atom. The van der Waals surface area contributed by atoms with E-state index in [0.717, 1.165) is 23.4 Å². The third-order valence-corrected chi connectivity index (χ3v) is 3.36. The Kier molecular flexibility index (Phi) is 3.28. The number of aromatic nitrogens is 2. The standard InChI is InChI=1S/C14H19N3O/c1-4-9(2)12-6-5-11(7-14(12)18)17-8-13(15)10(3)16-17/h5-9,18H,4,15H2,1-3H3. The van der Waals surface area contributed by atoms with Crippen LogP contribution in [0.5, 0.6) is 5.75 Å². The fourth-order valence-corrected chi connectivity index (χ4v) is 1.92. The summed E-state index contributed by atoms with van der Waals surface area (Å²) < 4.78 is 1.69. The highest BCUT2D eigenvalue weighted by Gasteiger charge is 2.10. The zero-order valence-electron chi connectivity index (χ0n) is 11.0. The number of rotatable bonds is 3. The summed E-state index contributed by atoms with van der Waals surface area (Å²) in [6.07, 6.45) is 2.76. The molecule has 0 aliphatic heterocycles. The van der Waals surface area contributed by atoms with Crippen LogP contribution in [0, 0.1) is 6.92 Å². The van der Waals surface area contributed by atoms with Gasteiger partial charge in [-0.05, 0) is 30.9 Å². The first-order chi connectivity index (χ1) is 8.52. The van der Waals surface area contributed by atoms with Crippen molar-refractivity contribution in [3.05, 3.63) is 35.7 Å². The molecule has 0 saturated carbocycles. The molecular formula is C14H19N3O. The first-order valence-electron chi connectivity index (χ1n) is 6.18. The summed E-state index contributed by atoms with van der Waals surface area (Å²) in [5.74, 6) is 0.664. The Balaban J connectivity index is 2.40. The fourth-order valence-electron chi connectivity index (χ4n) is 1.92. The largest absolute Gasteiger partial charge is 0.508 e. The highest BCUT2D eigenvalue weighted by molar-refractivity contribution is 5.48. The molecule has 3 N–H and O–H groups in total. The Morgan fingerprint density at radius 2 is 2.17 bits per heavy atom. The second kappa shape index (κ2) is 4.72. The third-order valence-electron chi connectivity index (χ3n) is 3.36. The lowest BCUT2D eigenvalue weighted by molar-refractivity contribution is 0.461. The number of phenolic OH excluding ortho intramolecular Hbond substituents is 1. The van der Waals surface area contributed by atoms with E-state index < -0.39 is 0 Å². The molecule has 0 bridgehead atoms. The van der Waals surface area contributed by atoms with Crippen LogP contribution in [-0.2, 0) is 0 Å². The van der Waals surface area contributed by atoms with Gasteiger partial charge in [-0.15, -0.1) is 0 Å². The number of anilines is 1. The van der Waals surface area contributed by atoms with Gasteiger partial charge in [-0.3, -0.25) is 0 Å². The molecule has 0 aliphatic rings. The monoisotopic (exact) mass is 245 g/mol. The maximum atomic E-state index is 10.1. The third kappa shape index (κ3) is 2.18. The summed E-state index contributed by atoms with van der Waals surface area (Å²) in [6, 6.07) is 5.63. The van der Waals surface area contributed by atoms with Crippen LogP contribution in [0.1, 0.15) is 37.4 Å². The smallest absolute Gasteiger partial charge is 0.121 e. The molecule has 18 heavy (non-hydrogen) atoms. The van der Waals surface area contributed by atoms with Gasteiger partial charge < -0.3 is 10.8 Å². The van der Waals surface area contributed by atoms with Crippen molar-refractivity contribution in [1.82, 2.24) is 9.78 Å². The number of nitrogens with two attached hydrogens (primary N) is 1. The average Bonchev–Trinajstić information content (AvgIpc) is 2.68. The highest BCUT2D eigenvalue weighted by Crippen LogP contribution is 2.29. The maximum absolute atomic E-state index is 10.1. The van der Waals surface area contributed by atoms with Gasteiger partial charge in [0.2, 0.25) is 0 Å². The molecule has 1 aromatic carbocycles. The predicted molar refractivity (Wildman–Crippen MR) is 73.1 cm³/mol. The molecule has 0 fully saturated rings. The van der Waals surface area contributed by atoms with E-state index in [1.807, 2.05) is 19.1 Å². The van der Waals surface area contributed by atoms with Gasteiger partial charge in [-0.25, -0.2) is 4.68 Å². The number of aryl methyl sites for hydroxylation is 1. The Morgan fingerprint density at radius 1 is 1.44 bits per heavy atom. The second-order valence-corrected chi connectivity index (χ2v) is 4.67. The van der Waals surface area contributed by atoms with Crippen LogP contribution in [0.4, 0.5) is 5.69 Å². The molecule has 0 amide bonds. The van der Waals surface area contributed by atoms with Crippen molar-refractivity contribution < 1.29 is 5.11 Å². The Labute approximate surface area is 107 Å². The first kappa shape index (κ1) is 12.5. The fraction of sp³-hybridized carbons (Fsp3) is 0.357. The summed E-state index contributed by atoms with van der Waals surface area (Å²) in [7, 11) is 0. The van der Waals surface area contributed by atoms with E-state index in [1.54, 1.807) is 16.9 Å². The molecule has 0 aliphatic carbocycles. The van der Waals surface area contributed by atoms with E-state index in [-0.39, 0.29) is 0 Å². The molecule has 0 saturated heterocycles. The molecular weight excluding hydrogens is 226 g/mol.